The zero-order valence-electron chi connectivity index (χ0n) is 18.3. The van der Waals surface area contributed by atoms with Crippen LogP contribution in [0.1, 0.15) is 22.6 Å². The van der Waals surface area contributed by atoms with E-state index in [1.165, 1.54) is 0 Å². The minimum atomic E-state index is -0.455. The lowest BCUT2D eigenvalue weighted by Crippen LogP contribution is -2.26. The average Bonchev–Trinajstić information content (AvgIpc) is 3.56. The maximum atomic E-state index is 13.2. The van der Waals surface area contributed by atoms with Crippen LogP contribution >= 0.6 is 11.3 Å². The van der Waals surface area contributed by atoms with Gasteiger partial charge in [-0.25, -0.2) is 10.1 Å². The van der Waals surface area contributed by atoms with Crippen molar-refractivity contribution < 1.29 is 4.79 Å². The third-order valence-corrected chi connectivity index (χ3v) is 6.30. The summed E-state index contributed by atoms with van der Waals surface area (Å²) in [5.74, 6) is -0.648. The van der Waals surface area contributed by atoms with E-state index in [-0.39, 0.29) is 5.91 Å². The third-order valence-electron chi connectivity index (χ3n) is 5.42. The molecule has 0 aliphatic rings. The molecule has 2 aromatic heterocycles. The number of hydrogen-bond acceptors (Lipinski definition) is 4. The Hall–Kier alpha value is -4.29. The number of nitrogens with zero attached hydrogens (tertiary/aromatic N) is 3. The Balaban J connectivity index is 1.43. The third kappa shape index (κ3) is 4.72. The molecule has 1 amide bonds. The van der Waals surface area contributed by atoms with Crippen molar-refractivity contribution in [3.63, 3.8) is 0 Å². The number of rotatable bonds is 7. The van der Waals surface area contributed by atoms with Crippen LogP contribution in [-0.2, 0) is 4.79 Å². The second-order valence-corrected chi connectivity index (χ2v) is 8.63. The monoisotopic (exact) mass is 462 g/mol. The van der Waals surface area contributed by atoms with Crippen LogP contribution in [0.25, 0.3) is 16.3 Å². The van der Waals surface area contributed by atoms with Crippen molar-refractivity contribution in [1.29, 1.82) is 0 Å². The molecule has 1 N–H and O–H groups in total. The normalized spacial score (nSPS) is 11.2. The molecule has 5 nitrogen and oxygen atoms in total. The van der Waals surface area contributed by atoms with E-state index in [4.69, 9.17) is 5.10 Å². The van der Waals surface area contributed by atoms with E-state index in [2.05, 4.69) is 10.5 Å². The first-order chi connectivity index (χ1) is 16.8. The zero-order chi connectivity index (χ0) is 23.2. The van der Waals surface area contributed by atoms with Gasteiger partial charge in [0.1, 0.15) is 5.69 Å². The van der Waals surface area contributed by atoms with Crippen LogP contribution < -0.4 is 5.43 Å². The second-order valence-electron chi connectivity index (χ2n) is 7.68. The van der Waals surface area contributed by atoms with E-state index < -0.39 is 5.92 Å². The van der Waals surface area contributed by atoms with Crippen molar-refractivity contribution >= 4 is 23.5 Å². The zero-order valence-corrected chi connectivity index (χ0v) is 19.1. The lowest BCUT2D eigenvalue weighted by atomic mass is 9.91. The molecule has 3 aromatic carbocycles. The Morgan fingerprint density at radius 3 is 2.06 bits per heavy atom. The predicted molar refractivity (Wildman–Crippen MR) is 137 cm³/mol. The van der Waals surface area contributed by atoms with Crippen LogP contribution in [0.15, 0.2) is 120 Å². The Kier molecular flexibility index (Phi) is 6.40. The molecule has 0 spiro atoms. The van der Waals surface area contributed by atoms with E-state index in [9.17, 15) is 4.79 Å². The number of hydrazone groups is 1. The van der Waals surface area contributed by atoms with Gasteiger partial charge in [0.25, 0.3) is 5.91 Å². The van der Waals surface area contributed by atoms with Gasteiger partial charge in [-0.2, -0.15) is 10.2 Å². The molecule has 5 aromatic rings. The SMILES string of the molecule is O=C(N/N=C\c1cn(-c2ccccc2)nc1-c1cccs1)C(c1ccccc1)c1ccccc1. The molecular weight excluding hydrogens is 440 g/mol. The van der Waals surface area contributed by atoms with Crippen LogP contribution in [0.2, 0.25) is 0 Å². The first kappa shape index (κ1) is 21.6. The van der Waals surface area contributed by atoms with E-state index in [0.29, 0.717) is 0 Å². The lowest BCUT2D eigenvalue weighted by Gasteiger charge is -2.16. The smallest absolute Gasteiger partial charge is 0.252 e. The molecule has 0 aliphatic heterocycles. The number of nitrogens with one attached hydrogen (secondary N) is 1. The van der Waals surface area contributed by atoms with Crippen LogP contribution in [0.5, 0.6) is 0 Å². The number of carbonyl (C=O) groups is 1. The van der Waals surface area contributed by atoms with E-state index >= 15 is 0 Å². The highest BCUT2D eigenvalue weighted by Gasteiger charge is 2.22. The van der Waals surface area contributed by atoms with Crippen molar-refractivity contribution in [1.82, 2.24) is 15.2 Å². The van der Waals surface area contributed by atoms with Crippen molar-refractivity contribution in [2.45, 2.75) is 5.92 Å². The molecule has 2 heterocycles. The first-order valence-corrected chi connectivity index (χ1v) is 11.8. The summed E-state index contributed by atoms with van der Waals surface area (Å²) >= 11 is 1.61. The summed E-state index contributed by atoms with van der Waals surface area (Å²) in [6.45, 7) is 0. The van der Waals surface area contributed by atoms with Crippen LogP contribution in [-0.4, -0.2) is 21.9 Å². The summed E-state index contributed by atoms with van der Waals surface area (Å²) < 4.78 is 1.83. The summed E-state index contributed by atoms with van der Waals surface area (Å²) in [5, 5.41) is 11.1. The highest BCUT2D eigenvalue weighted by Crippen LogP contribution is 2.27. The Labute approximate surface area is 202 Å². The number of hydrogen-bond donors (Lipinski definition) is 1. The molecular formula is C28H22N4OS. The highest BCUT2D eigenvalue weighted by molar-refractivity contribution is 7.13. The number of aromatic nitrogens is 2. The van der Waals surface area contributed by atoms with Gasteiger partial charge in [-0.3, -0.25) is 4.79 Å². The van der Waals surface area contributed by atoms with Crippen molar-refractivity contribution in [2.75, 3.05) is 0 Å². The quantitative estimate of drug-likeness (QED) is 0.242. The molecule has 0 bridgehead atoms. The van der Waals surface area contributed by atoms with Gasteiger partial charge in [0.15, 0.2) is 0 Å². The first-order valence-electron chi connectivity index (χ1n) is 10.9. The molecule has 0 unspecified atom stereocenters. The van der Waals surface area contributed by atoms with Crippen LogP contribution in [0.4, 0.5) is 0 Å². The molecule has 0 radical (unpaired) electrons. The summed E-state index contributed by atoms with van der Waals surface area (Å²) in [6, 6.07) is 33.4. The minimum absolute atomic E-state index is 0.193. The van der Waals surface area contributed by atoms with Gasteiger partial charge in [-0.05, 0) is 34.7 Å². The van der Waals surface area contributed by atoms with E-state index in [0.717, 1.165) is 32.9 Å². The lowest BCUT2D eigenvalue weighted by molar-refractivity contribution is -0.121. The minimum Gasteiger partial charge on any atom is -0.272 e. The molecule has 5 rings (SSSR count). The number of thiophene rings is 1. The topological polar surface area (TPSA) is 59.3 Å². The standard InChI is InChI=1S/C28H22N4OS/c33-28(26(21-11-4-1-5-12-21)22-13-6-2-7-14-22)30-29-19-23-20-32(24-15-8-3-9-16-24)31-27(23)25-17-10-18-34-25/h1-20,26H,(H,30,33)/b29-19-. The fourth-order valence-electron chi connectivity index (χ4n) is 3.82. The summed E-state index contributed by atoms with van der Waals surface area (Å²) in [4.78, 5) is 14.3. The van der Waals surface area contributed by atoms with Gasteiger partial charge < -0.3 is 0 Å². The number of benzene rings is 3. The maximum Gasteiger partial charge on any atom is 0.252 e. The fraction of sp³-hybridized carbons (Fsp3) is 0.0357. The van der Waals surface area contributed by atoms with Crippen molar-refractivity contribution in [3.8, 4) is 16.3 Å². The molecule has 0 atom stereocenters. The molecule has 166 valence electrons. The summed E-state index contributed by atoms with van der Waals surface area (Å²) in [6.07, 6.45) is 3.58. The maximum absolute atomic E-state index is 13.2. The Morgan fingerprint density at radius 1 is 0.853 bits per heavy atom. The van der Waals surface area contributed by atoms with Gasteiger partial charge in [-0.1, -0.05) is 84.9 Å². The van der Waals surface area contributed by atoms with E-state index in [1.54, 1.807) is 17.6 Å². The van der Waals surface area contributed by atoms with Crippen LogP contribution in [0, 0.1) is 0 Å². The molecule has 6 heteroatoms. The summed E-state index contributed by atoms with van der Waals surface area (Å²) in [5.41, 5.74) is 7.17. The number of para-hydroxylation sites is 1. The molecule has 0 saturated carbocycles. The van der Waals surface area contributed by atoms with Gasteiger partial charge in [0.2, 0.25) is 0 Å². The second kappa shape index (κ2) is 10.1. The Morgan fingerprint density at radius 2 is 1.47 bits per heavy atom. The average molecular weight is 463 g/mol. The van der Waals surface area contributed by atoms with Gasteiger partial charge in [0, 0.05) is 11.8 Å². The molecule has 34 heavy (non-hydrogen) atoms. The molecule has 0 aliphatic carbocycles. The van der Waals surface area contributed by atoms with Gasteiger partial charge >= 0.3 is 0 Å². The molecule has 0 saturated heterocycles. The van der Waals surface area contributed by atoms with Crippen molar-refractivity contribution in [2.24, 2.45) is 5.10 Å². The number of amides is 1. The van der Waals surface area contributed by atoms with E-state index in [1.807, 2.05) is 119 Å². The largest absolute Gasteiger partial charge is 0.272 e. The van der Waals surface area contributed by atoms with Crippen LogP contribution in [0.3, 0.4) is 0 Å². The van der Waals surface area contributed by atoms with Gasteiger partial charge in [0.05, 0.1) is 22.7 Å². The highest BCUT2D eigenvalue weighted by atomic mass is 32.1. The summed E-state index contributed by atoms with van der Waals surface area (Å²) in [7, 11) is 0. The number of carbonyl (C=O) groups excluding carboxylic acids is 1. The molecule has 0 fully saturated rings. The van der Waals surface area contributed by atoms with Gasteiger partial charge in [-0.15, -0.1) is 11.3 Å². The fourth-order valence-corrected chi connectivity index (χ4v) is 4.55. The predicted octanol–water partition coefficient (Wildman–Crippen LogP) is 5.88. The van der Waals surface area contributed by atoms with Crippen molar-refractivity contribution in [3.05, 3.63) is 131 Å². The Bertz CT molecular complexity index is 1340.